The fourth-order valence-electron chi connectivity index (χ4n) is 4.13. The standard InChI is InChI=1S/C26H19Cl2F2N5O2/c1-26(29,30)20-12-3-15(13-31-20)14-34-25(37)35-23(32-34)21(16-4-8-18(27)9-5-16)22(24(36)33(35)2)17-6-10-19(28)11-7-17/h3-13H,14H2,1-2H3. The van der Waals surface area contributed by atoms with Crippen LogP contribution >= 0.6 is 23.2 Å². The molecule has 2 aromatic carbocycles. The van der Waals surface area contributed by atoms with Gasteiger partial charge in [0.2, 0.25) is 0 Å². The van der Waals surface area contributed by atoms with Crippen LogP contribution in [0, 0.1) is 0 Å². The Balaban J connectivity index is 1.75. The molecule has 3 heterocycles. The van der Waals surface area contributed by atoms with E-state index in [2.05, 4.69) is 10.1 Å². The Morgan fingerprint density at radius 3 is 1.95 bits per heavy atom. The summed E-state index contributed by atoms with van der Waals surface area (Å²) in [7, 11) is 1.48. The Kier molecular flexibility index (Phi) is 6.21. The normalized spacial score (nSPS) is 11.8. The van der Waals surface area contributed by atoms with Crippen LogP contribution in [0.4, 0.5) is 8.78 Å². The molecule has 0 aliphatic rings. The summed E-state index contributed by atoms with van der Waals surface area (Å²) in [5.74, 6) is -3.08. The first-order chi connectivity index (χ1) is 17.5. The van der Waals surface area contributed by atoms with Crippen LogP contribution in [0.3, 0.4) is 0 Å². The predicted molar refractivity (Wildman–Crippen MR) is 138 cm³/mol. The van der Waals surface area contributed by atoms with E-state index in [1.54, 1.807) is 48.5 Å². The summed E-state index contributed by atoms with van der Waals surface area (Å²) in [4.78, 5) is 30.8. The van der Waals surface area contributed by atoms with Gasteiger partial charge in [-0.1, -0.05) is 53.5 Å². The third-order valence-corrected chi connectivity index (χ3v) is 6.48. The van der Waals surface area contributed by atoms with Crippen molar-refractivity contribution >= 4 is 28.8 Å². The van der Waals surface area contributed by atoms with Crippen molar-refractivity contribution in [3.63, 3.8) is 0 Å². The average molecular weight is 542 g/mol. The van der Waals surface area contributed by atoms with Crippen LogP contribution < -0.4 is 11.2 Å². The molecule has 188 valence electrons. The maximum absolute atomic E-state index is 13.6. The van der Waals surface area contributed by atoms with Crippen molar-refractivity contribution in [2.45, 2.75) is 19.4 Å². The van der Waals surface area contributed by atoms with Crippen molar-refractivity contribution in [2.75, 3.05) is 0 Å². The van der Waals surface area contributed by atoms with E-state index in [1.165, 1.54) is 39.3 Å². The highest BCUT2D eigenvalue weighted by Crippen LogP contribution is 2.33. The van der Waals surface area contributed by atoms with Crippen molar-refractivity contribution in [3.8, 4) is 22.3 Å². The molecule has 0 saturated carbocycles. The van der Waals surface area contributed by atoms with E-state index in [-0.39, 0.29) is 17.9 Å². The fraction of sp³-hybridized carbons (Fsp3) is 0.154. The lowest BCUT2D eigenvalue weighted by molar-refractivity contribution is 0.0127. The van der Waals surface area contributed by atoms with Crippen LogP contribution in [-0.4, -0.2) is 24.0 Å². The van der Waals surface area contributed by atoms with Crippen LogP contribution in [0.1, 0.15) is 18.2 Å². The lowest BCUT2D eigenvalue weighted by atomic mass is 9.96. The number of alkyl halides is 2. The summed E-state index contributed by atoms with van der Waals surface area (Å²) < 4.78 is 30.6. The van der Waals surface area contributed by atoms with E-state index in [9.17, 15) is 18.4 Å². The van der Waals surface area contributed by atoms with Crippen LogP contribution in [0.2, 0.25) is 10.0 Å². The molecule has 11 heteroatoms. The molecule has 0 bridgehead atoms. The molecule has 0 spiro atoms. The summed E-state index contributed by atoms with van der Waals surface area (Å²) in [6.45, 7) is 0.728. The number of aryl methyl sites for hydroxylation is 1. The first kappa shape index (κ1) is 24.9. The molecule has 0 N–H and O–H groups in total. The Morgan fingerprint density at radius 1 is 0.865 bits per heavy atom. The number of fused-ring (bicyclic) bond motifs is 1. The Morgan fingerprint density at radius 2 is 1.43 bits per heavy atom. The highest BCUT2D eigenvalue weighted by Gasteiger charge is 2.26. The Labute approximate surface area is 219 Å². The zero-order valence-electron chi connectivity index (χ0n) is 19.6. The van der Waals surface area contributed by atoms with Gasteiger partial charge in [0.15, 0.2) is 5.65 Å². The molecule has 0 saturated heterocycles. The minimum Gasteiger partial charge on any atom is -0.267 e. The van der Waals surface area contributed by atoms with Crippen molar-refractivity contribution in [1.29, 1.82) is 0 Å². The zero-order chi connectivity index (χ0) is 26.5. The van der Waals surface area contributed by atoms with Crippen molar-refractivity contribution in [1.82, 2.24) is 24.0 Å². The third-order valence-electron chi connectivity index (χ3n) is 5.97. The van der Waals surface area contributed by atoms with Gasteiger partial charge in [-0.15, -0.1) is 5.10 Å². The molecule has 5 rings (SSSR count). The second-order valence-corrected chi connectivity index (χ2v) is 9.48. The largest absolute Gasteiger partial charge is 0.365 e. The van der Waals surface area contributed by atoms with Gasteiger partial charge < -0.3 is 0 Å². The van der Waals surface area contributed by atoms with Gasteiger partial charge in [0, 0.05) is 35.8 Å². The molecular weight excluding hydrogens is 523 g/mol. The quantitative estimate of drug-likeness (QED) is 0.299. The second kappa shape index (κ2) is 9.24. The number of hydrogen-bond acceptors (Lipinski definition) is 4. The fourth-order valence-corrected chi connectivity index (χ4v) is 4.38. The average Bonchev–Trinajstić information content (AvgIpc) is 3.18. The van der Waals surface area contributed by atoms with Gasteiger partial charge in [0.05, 0.1) is 12.1 Å². The van der Waals surface area contributed by atoms with Gasteiger partial charge in [-0.05, 0) is 47.0 Å². The number of pyridine rings is 1. The number of aromatic nitrogens is 5. The van der Waals surface area contributed by atoms with Gasteiger partial charge in [-0.3, -0.25) is 9.78 Å². The van der Waals surface area contributed by atoms with Crippen molar-refractivity contribution < 1.29 is 8.78 Å². The number of rotatable bonds is 5. The van der Waals surface area contributed by atoms with E-state index in [4.69, 9.17) is 23.2 Å². The lowest BCUT2D eigenvalue weighted by Gasteiger charge is -2.13. The zero-order valence-corrected chi connectivity index (χ0v) is 21.1. The topological polar surface area (TPSA) is 74.2 Å². The van der Waals surface area contributed by atoms with Gasteiger partial charge >= 0.3 is 5.69 Å². The smallest absolute Gasteiger partial charge is 0.267 e. The third kappa shape index (κ3) is 4.56. The monoisotopic (exact) mass is 541 g/mol. The van der Waals surface area contributed by atoms with Crippen LogP contribution in [0.5, 0.6) is 0 Å². The van der Waals surface area contributed by atoms with Gasteiger partial charge in [0.1, 0.15) is 5.69 Å². The number of halogens is 4. The summed E-state index contributed by atoms with van der Waals surface area (Å²) in [6, 6.07) is 16.3. The molecule has 3 aromatic heterocycles. The highest BCUT2D eigenvalue weighted by atomic mass is 35.5. The van der Waals surface area contributed by atoms with E-state index in [0.717, 1.165) is 6.92 Å². The van der Waals surface area contributed by atoms with E-state index < -0.39 is 17.2 Å². The van der Waals surface area contributed by atoms with Gasteiger partial charge in [0.25, 0.3) is 11.5 Å². The minimum absolute atomic E-state index is 0.0341. The molecule has 0 unspecified atom stereocenters. The van der Waals surface area contributed by atoms with Crippen LogP contribution in [-0.2, 0) is 19.5 Å². The summed E-state index contributed by atoms with van der Waals surface area (Å²) >= 11 is 12.2. The highest BCUT2D eigenvalue weighted by molar-refractivity contribution is 6.31. The Hall–Kier alpha value is -3.82. The van der Waals surface area contributed by atoms with E-state index >= 15 is 0 Å². The number of nitrogens with zero attached hydrogens (tertiary/aromatic N) is 5. The molecule has 0 fully saturated rings. The predicted octanol–water partition coefficient (Wildman–Crippen LogP) is 5.39. The van der Waals surface area contributed by atoms with Crippen molar-refractivity contribution in [3.05, 3.63) is 109 Å². The summed E-state index contributed by atoms with van der Waals surface area (Å²) in [5.41, 5.74) is 1.37. The molecule has 0 amide bonds. The maximum Gasteiger partial charge on any atom is 0.365 e. The maximum atomic E-state index is 13.6. The Bertz CT molecular complexity index is 1740. The van der Waals surface area contributed by atoms with Crippen molar-refractivity contribution in [2.24, 2.45) is 7.05 Å². The lowest BCUT2D eigenvalue weighted by Crippen LogP contribution is -2.33. The first-order valence-corrected chi connectivity index (χ1v) is 11.9. The number of hydrogen-bond donors (Lipinski definition) is 0. The summed E-state index contributed by atoms with van der Waals surface area (Å²) in [6.07, 6.45) is 1.28. The molecule has 0 radical (unpaired) electrons. The second-order valence-electron chi connectivity index (χ2n) is 8.61. The molecule has 37 heavy (non-hydrogen) atoms. The SMILES string of the molecule is Cn1c(=O)c(-c2ccc(Cl)cc2)c(-c2ccc(Cl)cc2)c2nn(Cc3ccc(C(C)(F)F)nc3)c(=O)n21. The van der Waals surface area contributed by atoms with Gasteiger partial charge in [-0.25, -0.2) is 14.2 Å². The van der Waals surface area contributed by atoms with E-state index in [0.29, 0.717) is 37.9 Å². The molecule has 7 nitrogen and oxygen atoms in total. The minimum atomic E-state index is -3.08. The molecule has 0 aliphatic carbocycles. The van der Waals surface area contributed by atoms with Crippen LogP contribution in [0.15, 0.2) is 76.4 Å². The van der Waals surface area contributed by atoms with E-state index in [1.807, 2.05) is 0 Å². The molecule has 0 aliphatic heterocycles. The first-order valence-electron chi connectivity index (χ1n) is 11.1. The number of benzene rings is 2. The molecule has 0 atom stereocenters. The summed E-state index contributed by atoms with van der Waals surface area (Å²) in [5, 5.41) is 5.57. The molecular formula is C26H19Cl2F2N5O2. The van der Waals surface area contributed by atoms with Crippen LogP contribution in [0.25, 0.3) is 27.9 Å². The molecule has 5 aromatic rings. The van der Waals surface area contributed by atoms with Gasteiger partial charge in [-0.2, -0.15) is 13.3 Å².